The predicted octanol–water partition coefficient (Wildman–Crippen LogP) is 4.83. The van der Waals surface area contributed by atoms with Crippen molar-refractivity contribution in [1.82, 2.24) is 0 Å². The minimum absolute atomic E-state index is 0.340. The zero-order valence-corrected chi connectivity index (χ0v) is 17.0. The van der Waals surface area contributed by atoms with Gasteiger partial charge < -0.3 is 18.0 Å². The molecule has 0 aromatic carbocycles. The molecule has 0 aliphatic carbocycles. The van der Waals surface area contributed by atoms with Crippen LogP contribution in [0.4, 0.5) is 57.1 Å². The van der Waals surface area contributed by atoms with Crippen molar-refractivity contribution in [1.29, 1.82) is 0 Å². The van der Waals surface area contributed by atoms with Gasteiger partial charge in [0.05, 0.1) is 6.61 Å². The van der Waals surface area contributed by atoms with E-state index in [0.717, 1.165) is 21.3 Å². The van der Waals surface area contributed by atoms with Crippen LogP contribution >= 0.6 is 0 Å². The summed E-state index contributed by atoms with van der Waals surface area (Å²) in [4.78, 5) is 0. The monoisotopic (exact) mass is 530 g/mol. The Morgan fingerprint density at radius 2 is 0.875 bits per heavy atom. The highest BCUT2D eigenvalue weighted by Crippen LogP contribution is 2.49. The van der Waals surface area contributed by atoms with Gasteiger partial charge in [-0.1, -0.05) is 0 Å². The highest BCUT2D eigenvalue weighted by molar-refractivity contribution is 6.60. The smallest absolute Gasteiger partial charge is 0.377 e. The third-order valence-corrected chi connectivity index (χ3v) is 6.20. The lowest BCUT2D eigenvalue weighted by atomic mass is 10.5. The molecule has 0 fully saturated rings. The van der Waals surface area contributed by atoms with E-state index in [-0.39, 0.29) is 6.04 Å². The molecule has 0 rings (SSSR count). The molecule has 20 heteroatoms. The molecule has 0 aliphatic heterocycles. The Balaban J connectivity index is 5.30. The van der Waals surface area contributed by atoms with E-state index in [1.165, 1.54) is 0 Å². The summed E-state index contributed by atoms with van der Waals surface area (Å²) in [6.45, 7) is -1.37. The fourth-order valence-corrected chi connectivity index (χ4v) is 3.38. The SMILES string of the molecule is CO[Si](CCCOC(F)(F)C(F)(F)OC(F)(F)C(F)(F)OC(F)(F)C(F)(F)F)(OC)OC. The second kappa shape index (κ2) is 10.1. The van der Waals surface area contributed by atoms with Gasteiger partial charge in [-0.3, -0.25) is 0 Å². The Hall–Kier alpha value is -0.933. The molecule has 0 amide bonds. The summed E-state index contributed by atoms with van der Waals surface area (Å²) in [6.07, 6.45) is -41.6. The molecule has 0 aliphatic rings. The molecule has 0 heterocycles. The molecule has 0 spiro atoms. The van der Waals surface area contributed by atoms with E-state index >= 15 is 0 Å². The third kappa shape index (κ3) is 7.28. The topological polar surface area (TPSA) is 55.4 Å². The van der Waals surface area contributed by atoms with Gasteiger partial charge in [-0.25, -0.2) is 9.47 Å². The van der Waals surface area contributed by atoms with Crippen molar-refractivity contribution in [2.45, 2.75) is 49.2 Å². The van der Waals surface area contributed by atoms with Crippen molar-refractivity contribution in [2.75, 3.05) is 27.9 Å². The van der Waals surface area contributed by atoms with Gasteiger partial charge in [0.2, 0.25) is 0 Å². The highest BCUT2D eigenvalue weighted by atomic mass is 28.4. The second-order valence-corrected chi connectivity index (χ2v) is 8.62. The average molecular weight is 530 g/mol. The zero-order valence-electron chi connectivity index (χ0n) is 16.0. The van der Waals surface area contributed by atoms with E-state index in [1.807, 2.05) is 4.74 Å². The summed E-state index contributed by atoms with van der Waals surface area (Å²) < 4.78 is 187. The first-order valence-electron chi connectivity index (χ1n) is 7.71. The predicted molar refractivity (Wildman–Crippen MR) is 75.1 cm³/mol. The molecule has 0 radical (unpaired) electrons. The van der Waals surface area contributed by atoms with Gasteiger partial charge in [0.25, 0.3) is 0 Å². The zero-order chi connectivity index (χ0) is 25.9. The molecule has 0 aromatic heterocycles. The van der Waals surface area contributed by atoms with E-state index in [0.29, 0.717) is 0 Å². The van der Waals surface area contributed by atoms with E-state index in [1.54, 1.807) is 4.74 Å². The van der Waals surface area contributed by atoms with Crippen molar-refractivity contribution < 1.29 is 84.6 Å². The van der Waals surface area contributed by atoms with Crippen LogP contribution in [0, 0.1) is 0 Å². The number of hydrogen-bond donors (Lipinski definition) is 0. The van der Waals surface area contributed by atoms with Crippen LogP contribution in [-0.2, 0) is 27.5 Å². The van der Waals surface area contributed by atoms with Crippen molar-refractivity contribution in [3.8, 4) is 0 Å². The van der Waals surface area contributed by atoms with Crippen LogP contribution < -0.4 is 0 Å². The normalized spacial score (nSPS) is 15.4. The maximum absolute atomic E-state index is 13.4. The quantitative estimate of drug-likeness (QED) is 0.182. The summed E-state index contributed by atoms with van der Waals surface area (Å²) >= 11 is 0. The number of alkyl halides is 13. The van der Waals surface area contributed by atoms with Crippen LogP contribution in [0.15, 0.2) is 0 Å². The van der Waals surface area contributed by atoms with Gasteiger partial charge in [0, 0.05) is 27.4 Å². The van der Waals surface area contributed by atoms with Gasteiger partial charge in [-0.15, -0.1) is 0 Å². The molecule has 32 heavy (non-hydrogen) atoms. The minimum atomic E-state index is -7.15. The maximum Gasteiger partial charge on any atom is 0.500 e. The van der Waals surface area contributed by atoms with Crippen molar-refractivity contribution >= 4 is 8.80 Å². The van der Waals surface area contributed by atoms with Gasteiger partial charge in [0.1, 0.15) is 0 Å². The molecule has 0 atom stereocenters. The first-order valence-corrected chi connectivity index (χ1v) is 9.64. The van der Waals surface area contributed by atoms with Crippen LogP contribution in [-0.4, -0.2) is 73.5 Å². The Morgan fingerprint density at radius 3 is 1.22 bits per heavy atom. The molecule has 0 bridgehead atoms. The van der Waals surface area contributed by atoms with E-state index in [2.05, 4.69) is 4.74 Å². The maximum atomic E-state index is 13.4. The van der Waals surface area contributed by atoms with Gasteiger partial charge in [-0.2, -0.15) is 57.1 Å². The number of rotatable bonds is 14. The molecule has 6 nitrogen and oxygen atoms in total. The standard InChI is InChI=1S/C12H15F13O6Si/c1-26-32(27-2,28-3)6-4-5-29-9(18,19)10(20,21)31-12(24,25)11(22,23)30-8(16,17)7(13,14)15/h4-6H2,1-3H3. The molecule has 0 aromatic rings. The Bertz CT molecular complexity index is 588. The van der Waals surface area contributed by atoms with Crippen LogP contribution in [0.3, 0.4) is 0 Å². The number of ether oxygens (including phenoxy) is 3. The van der Waals surface area contributed by atoms with Crippen molar-refractivity contribution in [3.63, 3.8) is 0 Å². The van der Waals surface area contributed by atoms with Crippen LogP contribution in [0.25, 0.3) is 0 Å². The molecule has 0 saturated heterocycles. The lowest BCUT2D eigenvalue weighted by Crippen LogP contribution is -2.58. The molecule has 0 saturated carbocycles. The highest BCUT2D eigenvalue weighted by Gasteiger charge is 2.75. The molecule has 0 N–H and O–H groups in total. The second-order valence-electron chi connectivity index (χ2n) is 5.53. The van der Waals surface area contributed by atoms with E-state index in [4.69, 9.17) is 13.3 Å². The molecule has 194 valence electrons. The summed E-state index contributed by atoms with van der Waals surface area (Å²) in [7, 11) is -0.143. The van der Waals surface area contributed by atoms with E-state index in [9.17, 15) is 57.1 Å². The lowest BCUT2D eigenvalue weighted by molar-refractivity contribution is -0.558. The van der Waals surface area contributed by atoms with Gasteiger partial charge >= 0.3 is 45.5 Å². The molecular weight excluding hydrogens is 515 g/mol. The van der Waals surface area contributed by atoms with Gasteiger partial charge in [-0.05, 0) is 6.42 Å². The largest absolute Gasteiger partial charge is 0.500 e. The fourth-order valence-electron chi connectivity index (χ4n) is 1.69. The number of hydrogen-bond acceptors (Lipinski definition) is 6. The Morgan fingerprint density at radius 1 is 0.531 bits per heavy atom. The first kappa shape index (κ1) is 31.1. The summed E-state index contributed by atoms with van der Waals surface area (Å²) in [5.74, 6) is 0. The average Bonchev–Trinajstić information content (AvgIpc) is 2.59. The first-order chi connectivity index (χ1) is 14.1. The van der Waals surface area contributed by atoms with Gasteiger partial charge in [0.15, 0.2) is 0 Å². The summed E-state index contributed by atoms with van der Waals surface area (Å²) in [5.41, 5.74) is 0. The third-order valence-electron chi connectivity index (χ3n) is 3.36. The lowest BCUT2D eigenvalue weighted by Gasteiger charge is -2.33. The van der Waals surface area contributed by atoms with Crippen LogP contribution in [0.2, 0.25) is 6.04 Å². The molecular formula is C12H15F13O6Si. The summed E-state index contributed by atoms with van der Waals surface area (Å²) in [5, 5.41) is 0. The Kier molecular flexibility index (Phi) is 9.84. The van der Waals surface area contributed by atoms with Crippen molar-refractivity contribution in [3.05, 3.63) is 0 Å². The minimum Gasteiger partial charge on any atom is -0.377 e. The number of halogens is 13. The van der Waals surface area contributed by atoms with Crippen molar-refractivity contribution in [2.24, 2.45) is 0 Å². The van der Waals surface area contributed by atoms with Crippen LogP contribution in [0.5, 0.6) is 0 Å². The van der Waals surface area contributed by atoms with Crippen LogP contribution in [0.1, 0.15) is 6.42 Å². The summed E-state index contributed by atoms with van der Waals surface area (Å²) in [6, 6.07) is -0.340. The molecule has 0 unspecified atom stereocenters. The van der Waals surface area contributed by atoms with E-state index < -0.39 is 58.6 Å². The fraction of sp³-hybridized carbons (Fsp3) is 1.00. The Labute approximate surface area is 171 Å².